The van der Waals surface area contributed by atoms with Crippen molar-refractivity contribution in [2.75, 3.05) is 18.0 Å². The summed E-state index contributed by atoms with van der Waals surface area (Å²) in [6.45, 7) is 1.43. The van der Waals surface area contributed by atoms with Crippen LogP contribution in [0.25, 0.3) is 0 Å². The van der Waals surface area contributed by atoms with Gasteiger partial charge in [-0.1, -0.05) is 27.5 Å². The van der Waals surface area contributed by atoms with Gasteiger partial charge in [0.2, 0.25) is 0 Å². The fourth-order valence-electron chi connectivity index (χ4n) is 2.73. The maximum Gasteiger partial charge on any atom is 0.314 e. The molecule has 1 aromatic carbocycles. The zero-order chi connectivity index (χ0) is 17.8. The molecule has 1 aromatic heterocycles. The molecule has 0 aliphatic carbocycles. The summed E-state index contributed by atoms with van der Waals surface area (Å²) >= 11 is 9.42. The highest BCUT2D eigenvalue weighted by molar-refractivity contribution is 9.10. The van der Waals surface area contributed by atoms with Gasteiger partial charge in [-0.05, 0) is 43.2 Å². The van der Waals surface area contributed by atoms with Crippen LogP contribution >= 0.6 is 27.5 Å². The molecule has 0 saturated carbocycles. The predicted molar refractivity (Wildman–Crippen MR) is 98.7 cm³/mol. The second-order valence-electron chi connectivity index (χ2n) is 5.77. The molecule has 1 aliphatic heterocycles. The van der Waals surface area contributed by atoms with Crippen molar-refractivity contribution < 1.29 is 9.53 Å². The minimum absolute atomic E-state index is 0.158. The molecule has 3 rings (SSSR count). The number of aromatic nitrogens is 1. The van der Waals surface area contributed by atoms with E-state index in [0.717, 1.165) is 10.3 Å². The Hall–Kier alpha value is -2.10. The third-order valence-electron chi connectivity index (χ3n) is 4.13. The SMILES string of the molecule is N#Cc1ccc(N2CCC(C(=O)Oc3ccc(Br)cc3Cl)CC2)nc1. The van der Waals surface area contributed by atoms with Crippen molar-refractivity contribution in [3.05, 3.63) is 51.6 Å². The summed E-state index contributed by atoms with van der Waals surface area (Å²) in [6.07, 6.45) is 2.94. The number of nitrogens with zero attached hydrogens (tertiary/aromatic N) is 3. The lowest BCUT2D eigenvalue weighted by molar-refractivity contribution is -0.139. The quantitative estimate of drug-likeness (QED) is 0.550. The Morgan fingerprint density at radius 3 is 2.68 bits per heavy atom. The number of hydrogen-bond acceptors (Lipinski definition) is 5. The number of rotatable bonds is 3. The fourth-order valence-corrected chi connectivity index (χ4v) is 3.45. The maximum atomic E-state index is 12.4. The van der Waals surface area contributed by atoms with Crippen LogP contribution in [0.15, 0.2) is 41.0 Å². The summed E-state index contributed by atoms with van der Waals surface area (Å²) in [6, 6.07) is 10.8. The van der Waals surface area contributed by atoms with E-state index in [1.165, 1.54) is 0 Å². The molecule has 25 heavy (non-hydrogen) atoms. The van der Waals surface area contributed by atoms with Gasteiger partial charge >= 0.3 is 5.97 Å². The monoisotopic (exact) mass is 419 g/mol. The van der Waals surface area contributed by atoms with Gasteiger partial charge in [-0.25, -0.2) is 4.98 Å². The minimum Gasteiger partial charge on any atom is -0.425 e. The first-order valence-electron chi connectivity index (χ1n) is 7.84. The number of halogens is 2. The summed E-state index contributed by atoms with van der Waals surface area (Å²) in [5.41, 5.74) is 0.536. The number of piperidine rings is 1. The average molecular weight is 421 g/mol. The Labute approximate surface area is 159 Å². The minimum atomic E-state index is -0.253. The number of ether oxygens (including phenoxy) is 1. The molecule has 1 aliphatic rings. The molecule has 128 valence electrons. The van der Waals surface area contributed by atoms with Crippen molar-refractivity contribution in [2.45, 2.75) is 12.8 Å². The number of hydrogen-bond donors (Lipinski definition) is 0. The Kier molecular flexibility index (Phi) is 5.57. The molecule has 2 heterocycles. The van der Waals surface area contributed by atoms with Gasteiger partial charge in [0.25, 0.3) is 0 Å². The Morgan fingerprint density at radius 2 is 2.08 bits per heavy atom. The van der Waals surface area contributed by atoms with Gasteiger partial charge in [-0.2, -0.15) is 5.26 Å². The summed E-state index contributed by atoms with van der Waals surface area (Å²) in [5, 5.41) is 9.23. The highest BCUT2D eigenvalue weighted by atomic mass is 79.9. The first kappa shape index (κ1) is 17.7. The van der Waals surface area contributed by atoms with Gasteiger partial charge in [0.1, 0.15) is 17.6 Å². The number of esters is 1. The van der Waals surface area contributed by atoms with Crippen molar-refractivity contribution in [3.8, 4) is 11.8 Å². The standard InChI is InChI=1S/C18H15BrClN3O2/c19-14-2-3-16(15(20)9-14)25-18(24)13-5-7-23(8-6-13)17-4-1-12(10-21)11-22-17/h1-4,9,11,13H,5-8H2. The summed E-state index contributed by atoms with van der Waals surface area (Å²) in [4.78, 5) is 18.8. The molecule has 1 saturated heterocycles. The number of pyridine rings is 1. The van der Waals surface area contributed by atoms with Crippen molar-refractivity contribution in [2.24, 2.45) is 5.92 Å². The summed E-state index contributed by atoms with van der Waals surface area (Å²) in [7, 11) is 0. The van der Waals surface area contributed by atoms with Crippen LogP contribution in [-0.4, -0.2) is 24.0 Å². The molecule has 0 bridgehead atoms. The number of anilines is 1. The highest BCUT2D eigenvalue weighted by Crippen LogP contribution is 2.30. The molecule has 1 fully saturated rings. The highest BCUT2D eigenvalue weighted by Gasteiger charge is 2.27. The van der Waals surface area contributed by atoms with E-state index in [-0.39, 0.29) is 11.9 Å². The Bertz CT molecular complexity index is 812. The van der Waals surface area contributed by atoms with Crippen LogP contribution in [0, 0.1) is 17.2 Å². The number of carbonyl (C=O) groups excluding carboxylic acids is 1. The average Bonchev–Trinajstić information content (AvgIpc) is 2.64. The molecule has 5 nitrogen and oxygen atoms in total. The lowest BCUT2D eigenvalue weighted by Crippen LogP contribution is -2.38. The van der Waals surface area contributed by atoms with Crippen molar-refractivity contribution in [1.82, 2.24) is 4.98 Å². The van der Waals surface area contributed by atoms with Crippen molar-refractivity contribution >= 4 is 39.3 Å². The number of carbonyl (C=O) groups is 1. The van der Waals surface area contributed by atoms with Crippen LogP contribution in [0.4, 0.5) is 5.82 Å². The third kappa shape index (κ3) is 4.30. The fraction of sp³-hybridized carbons (Fsp3) is 0.278. The molecule has 2 aromatic rings. The number of nitriles is 1. The van der Waals surface area contributed by atoms with E-state index in [0.29, 0.717) is 42.3 Å². The van der Waals surface area contributed by atoms with E-state index < -0.39 is 0 Å². The Balaban J connectivity index is 1.57. The van der Waals surface area contributed by atoms with Gasteiger partial charge in [-0.15, -0.1) is 0 Å². The van der Waals surface area contributed by atoms with Crippen LogP contribution in [0.5, 0.6) is 5.75 Å². The molecule has 7 heteroatoms. The van der Waals surface area contributed by atoms with Crippen LogP contribution in [0.2, 0.25) is 5.02 Å². The topological polar surface area (TPSA) is 66.2 Å². The molecule has 0 N–H and O–H groups in total. The summed E-state index contributed by atoms with van der Waals surface area (Å²) in [5.74, 6) is 0.791. The Morgan fingerprint density at radius 1 is 1.32 bits per heavy atom. The van der Waals surface area contributed by atoms with Gasteiger partial charge in [0, 0.05) is 23.8 Å². The van der Waals surface area contributed by atoms with Gasteiger partial charge < -0.3 is 9.64 Å². The lowest BCUT2D eigenvalue weighted by Gasteiger charge is -2.31. The molecule has 0 amide bonds. The molecule has 0 radical (unpaired) electrons. The van der Waals surface area contributed by atoms with Crippen LogP contribution in [-0.2, 0) is 4.79 Å². The van der Waals surface area contributed by atoms with Crippen LogP contribution < -0.4 is 9.64 Å². The lowest BCUT2D eigenvalue weighted by atomic mass is 9.97. The molecule has 0 spiro atoms. The van der Waals surface area contributed by atoms with E-state index >= 15 is 0 Å². The van der Waals surface area contributed by atoms with E-state index in [1.54, 1.807) is 30.5 Å². The van der Waals surface area contributed by atoms with Crippen LogP contribution in [0.1, 0.15) is 18.4 Å². The van der Waals surface area contributed by atoms with E-state index in [2.05, 4.69) is 31.9 Å². The van der Waals surface area contributed by atoms with E-state index in [1.807, 2.05) is 6.07 Å². The van der Waals surface area contributed by atoms with Gasteiger partial charge in [-0.3, -0.25) is 4.79 Å². The van der Waals surface area contributed by atoms with E-state index in [4.69, 9.17) is 21.6 Å². The second-order valence-corrected chi connectivity index (χ2v) is 7.10. The third-order valence-corrected chi connectivity index (χ3v) is 4.92. The van der Waals surface area contributed by atoms with Crippen molar-refractivity contribution in [1.29, 1.82) is 5.26 Å². The van der Waals surface area contributed by atoms with Gasteiger partial charge in [0.15, 0.2) is 0 Å². The summed E-state index contributed by atoms with van der Waals surface area (Å²) < 4.78 is 6.28. The maximum absolute atomic E-state index is 12.4. The largest absolute Gasteiger partial charge is 0.425 e. The van der Waals surface area contributed by atoms with Crippen LogP contribution in [0.3, 0.4) is 0 Å². The number of benzene rings is 1. The first-order valence-corrected chi connectivity index (χ1v) is 9.02. The molecule has 0 unspecified atom stereocenters. The normalized spacial score (nSPS) is 14.8. The molecular formula is C18H15BrClN3O2. The molecular weight excluding hydrogens is 406 g/mol. The van der Waals surface area contributed by atoms with Crippen molar-refractivity contribution in [3.63, 3.8) is 0 Å². The second kappa shape index (κ2) is 7.85. The van der Waals surface area contributed by atoms with E-state index in [9.17, 15) is 4.79 Å². The van der Waals surface area contributed by atoms with Gasteiger partial charge in [0.05, 0.1) is 16.5 Å². The predicted octanol–water partition coefficient (Wildman–Crippen LogP) is 4.19. The smallest absolute Gasteiger partial charge is 0.314 e. The zero-order valence-corrected chi connectivity index (χ0v) is 15.6. The molecule has 0 atom stereocenters. The first-order chi connectivity index (χ1) is 12.1. The zero-order valence-electron chi connectivity index (χ0n) is 13.3.